The highest BCUT2D eigenvalue weighted by Gasteiger charge is 2.07. The lowest BCUT2D eigenvalue weighted by atomic mass is 10.0. The normalized spacial score (nSPS) is 9.21. The molecule has 0 heterocycles. The molecule has 0 amide bonds. The third kappa shape index (κ3) is 1.88. The van der Waals surface area contributed by atoms with E-state index in [0.717, 1.165) is 11.1 Å². The third-order valence-corrected chi connectivity index (χ3v) is 2.01. The van der Waals surface area contributed by atoms with Gasteiger partial charge in [-0.05, 0) is 35.4 Å². The fourth-order valence-corrected chi connectivity index (χ4v) is 1.23. The van der Waals surface area contributed by atoms with Crippen molar-refractivity contribution >= 4 is 5.69 Å². The first kappa shape index (κ1) is 10.2. The van der Waals surface area contributed by atoms with Crippen LogP contribution in [-0.4, -0.2) is 7.11 Å². The Bertz CT molecular complexity index is 394. The van der Waals surface area contributed by atoms with Crippen LogP contribution in [0.5, 0.6) is 5.75 Å². The molecule has 1 aromatic carbocycles. The van der Waals surface area contributed by atoms with Crippen LogP contribution in [0.1, 0.15) is 11.1 Å². The van der Waals surface area contributed by atoms with Gasteiger partial charge in [-0.15, -0.1) is 4.91 Å². The third-order valence-electron chi connectivity index (χ3n) is 2.01. The van der Waals surface area contributed by atoms with Gasteiger partial charge in [0.05, 0.1) is 19.6 Å². The summed E-state index contributed by atoms with van der Waals surface area (Å²) in [5, 5.41) is 11.4. The van der Waals surface area contributed by atoms with Gasteiger partial charge in [0.1, 0.15) is 11.4 Å². The Morgan fingerprint density at radius 2 is 2.29 bits per heavy atom. The molecule has 0 aliphatic heterocycles. The number of nitroso groups, excluding NO2 is 1. The van der Waals surface area contributed by atoms with Gasteiger partial charge in [-0.25, -0.2) is 0 Å². The quantitative estimate of drug-likeness (QED) is 0.688. The molecule has 4 nitrogen and oxygen atoms in total. The highest BCUT2D eigenvalue weighted by Crippen LogP contribution is 2.30. The number of nitriles is 1. The van der Waals surface area contributed by atoms with Crippen molar-refractivity contribution in [3.05, 3.63) is 28.2 Å². The molecule has 1 aromatic rings. The summed E-state index contributed by atoms with van der Waals surface area (Å²) in [6, 6.07) is 5.35. The molecule has 14 heavy (non-hydrogen) atoms. The number of ether oxygens (including phenoxy) is 1. The predicted octanol–water partition coefficient (Wildman–Crippen LogP) is 2.47. The molecule has 0 aliphatic rings. The summed E-state index contributed by atoms with van der Waals surface area (Å²) in [6.07, 6.45) is 0.307. The first-order chi connectivity index (χ1) is 6.72. The summed E-state index contributed by atoms with van der Waals surface area (Å²) in [6.45, 7) is 1.83. The van der Waals surface area contributed by atoms with Gasteiger partial charge >= 0.3 is 0 Å². The molecule has 0 unspecified atom stereocenters. The van der Waals surface area contributed by atoms with E-state index < -0.39 is 0 Å². The van der Waals surface area contributed by atoms with Crippen molar-refractivity contribution < 1.29 is 4.74 Å². The lowest BCUT2D eigenvalue weighted by Crippen LogP contribution is -1.91. The lowest BCUT2D eigenvalue weighted by molar-refractivity contribution is 0.415. The van der Waals surface area contributed by atoms with Crippen LogP contribution >= 0.6 is 0 Å². The number of nitrogens with zero attached hydrogens (tertiary/aromatic N) is 2. The van der Waals surface area contributed by atoms with Gasteiger partial charge in [-0.2, -0.15) is 5.26 Å². The lowest BCUT2D eigenvalue weighted by Gasteiger charge is -2.06. The van der Waals surface area contributed by atoms with Gasteiger partial charge in [0.15, 0.2) is 0 Å². The zero-order chi connectivity index (χ0) is 10.6. The predicted molar refractivity (Wildman–Crippen MR) is 52.5 cm³/mol. The molecule has 72 valence electrons. The van der Waals surface area contributed by atoms with Crippen molar-refractivity contribution in [1.82, 2.24) is 0 Å². The van der Waals surface area contributed by atoms with Crippen LogP contribution in [0.3, 0.4) is 0 Å². The minimum Gasteiger partial charge on any atom is -0.494 e. The van der Waals surface area contributed by atoms with Crippen molar-refractivity contribution in [1.29, 1.82) is 5.26 Å². The van der Waals surface area contributed by atoms with Crippen LogP contribution in [-0.2, 0) is 6.42 Å². The fraction of sp³-hybridized carbons (Fsp3) is 0.300. The van der Waals surface area contributed by atoms with Gasteiger partial charge in [0, 0.05) is 0 Å². The Kier molecular flexibility index (Phi) is 3.19. The van der Waals surface area contributed by atoms with E-state index in [4.69, 9.17) is 10.00 Å². The zero-order valence-electron chi connectivity index (χ0n) is 8.07. The highest BCUT2D eigenvalue weighted by atomic mass is 16.5. The van der Waals surface area contributed by atoms with Crippen molar-refractivity contribution in [3.8, 4) is 11.8 Å². The first-order valence-electron chi connectivity index (χ1n) is 4.10. The second kappa shape index (κ2) is 4.38. The van der Waals surface area contributed by atoms with Gasteiger partial charge < -0.3 is 4.74 Å². The number of methoxy groups -OCH3 is 1. The molecule has 0 radical (unpaired) electrons. The Morgan fingerprint density at radius 1 is 1.57 bits per heavy atom. The summed E-state index contributed by atoms with van der Waals surface area (Å²) in [5.41, 5.74) is 2.00. The molecule has 4 heteroatoms. The van der Waals surface area contributed by atoms with Crippen LogP contribution < -0.4 is 4.74 Å². The summed E-state index contributed by atoms with van der Waals surface area (Å²) < 4.78 is 4.98. The maximum Gasteiger partial charge on any atom is 0.150 e. The number of hydrogen-bond acceptors (Lipinski definition) is 4. The molecule has 0 fully saturated rings. The SMILES string of the molecule is COc1cc(CC#N)c(C)cc1N=O. The largest absolute Gasteiger partial charge is 0.494 e. The zero-order valence-corrected chi connectivity index (χ0v) is 8.07. The summed E-state index contributed by atoms with van der Waals surface area (Å²) >= 11 is 0. The van der Waals surface area contributed by atoms with Crippen molar-refractivity contribution in [2.45, 2.75) is 13.3 Å². The van der Waals surface area contributed by atoms with Crippen LogP contribution in [0, 0.1) is 23.2 Å². The number of benzene rings is 1. The monoisotopic (exact) mass is 190 g/mol. The second-order valence-corrected chi connectivity index (χ2v) is 2.88. The molecule has 1 rings (SSSR count). The van der Waals surface area contributed by atoms with Crippen LogP contribution in [0.25, 0.3) is 0 Å². The molecule has 0 aliphatic carbocycles. The maximum absolute atomic E-state index is 10.4. The second-order valence-electron chi connectivity index (χ2n) is 2.88. The molecular formula is C10H10N2O2. The van der Waals surface area contributed by atoms with Gasteiger partial charge in [-0.1, -0.05) is 0 Å². The van der Waals surface area contributed by atoms with E-state index in [1.54, 1.807) is 12.1 Å². The Balaban J connectivity index is 3.24. The number of rotatable bonds is 3. The number of aryl methyl sites for hydroxylation is 1. The summed E-state index contributed by atoms with van der Waals surface area (Å²) in [7, 11) is 1.47. The molecule has 0 N–H and O–H groups in total. The van der Waals surface area contributed by atoms with Gasteiger partial charge in [0.2, 0.25) is 0 Å². The molecule has 0 aromatic heterocycles. The van der Waals surface area contributed by atoms with Crippen LogP contribution in [0.4, 0.5) is 5.69 Å². The minimum atomic E-state index is 0.270. The van der Waals surface area contributed by atoms with E-state index in [9.17, 15) is 4.91 Å². The Labute approximate surface area is 82.1 Å². The van der Waals surface area contributed by atoms with Crippen LogP contribution in [0.15, 0.2) is 17.3 Å². The van der Waals surface area contributed by atoms with E-state index in [0.29, 0.717) is 12.2 Å². The maximum atomic E-state index is 10.4. The number of hydrogen-bond donors (Lipinski definition) is 0. The van der Waals surface area contributed by atoms with Gasteiger partial charge in [-0.3, -0.25) is 0 Å². The molecule has 0 bridgehead atoms. The Morgan fingerprint density at radius 3 is 2.79 bits per heavy atom. The molecule has 0 saturated heterocycles. The van der Waals surface area contributed by atoms with Crippen LogP contribution in [0.2, 0.25) is 0 Å². The molecule has 0 atom stereocenters. The summed E-state index contributed by atoms with van der Waals surface area (Å²) in [5.74, 6) is 0.413. The van der Waals surface area contributed by atoms with Crippen molar-refractivity contribution in [2.24, 2.45) is 5.18 Å². The van der Waals surface area contributed by atoms with E-state index in [2.05, 4.69) is 5.18 Å². The Hall–Kier alpha value is -1.89. The average Bonchev–Trinajstić information content (AvgIpc) is 2.20. The van der Waals surface area contributed by atoms with E-state index in [1.807, 2.05) is 13.0 Å². The topological polar surface area (TPSA) is 62.4 Å². The van der Waals surface area contributed by atoms with Crippen molar-refractivity contribution in [3.63, 3.8) is 0 Å². The smallest absolute Gasteiger partial charge is 0.150 e. The molecular weight excluding hydrogens is 180 g/mol. The van der Waals surface area contributed by atoms with Gasteiger partial charge in [0.25, 0.3) is 0 Å². The van der Waals surface area contributed by atoms with E-state index >= 15 is 0 Å². The van der Waals surface area contributed by atoms with Crippen molar-refractivity contribution in [2.75, 3.05) is 7.11 Å². The highest BCUT2D eigenvalue weighted by molar-refractivity contribution is 5.56. The molecule has 0 saturated carbocycles. The minimum absolute atomic E-state index is 0.270. The molecule has 0 spiro atoms. The fourth-order valence-electron chi connectivity index (χ4n) is 1.23. The average molecular weight is 190 g/mol. The first-order valence-corrected chi connectivity index (χ1v) is 4.10. The van der Waals surface area contributed by atoms with E-state index in [-0.39, 0.29) is 5.69 Å². The van der Waals surface area contributed by atoms with E-state index in [1.165, 1.54) is 7.11 Å². The standard InChI is InChI=1S/C10H10N2O2/c1-7-5-9(12-13)10(14-2)6-8(7)3-4-11/h5-6H,3H2,1-2H3. The summed E-state index contributed by atoms with van der Waals surface area (Å²) in [4.78, 5) is 10.4.